The van der Waals surface area contributed by atoms with Gasteiger partial charge in [0.1, 0.15) is 6.09 Å². The fourth-order valence-corrected chi connectivity index (χ4v) is 0.884. The summed E-state index contributed by atoms with van der Waals surface area (Å²) >= 11 is 0. The Bertz CT molecular complexity index is 72.2. The quantitative estimate of drug-likeness (QED) is 0.383. The van der Waals surface area contributed by atoms with Crippen LogP contribution in [0.2, 0.25) is 0 Å². The second kappa shape index (κ2) is 9.27. The molecule has 2 N–H and O–H groups in total. The van der Waals surface area contributed by atoms with Gasteiger partial charge < -0.3 is 15.6 Å². The average Bonchev–Trinajstić information content (AvgIpc) is 2.11. The largest absolute Gasteiger partial charge is 1.00 e. The van der Waals surface area contributed by atoms with E-state index in [0.717, 1.165) is 0 Å². The van der Waals surface area contributed by atoms with Gasteiger partial charge in [-0.25, -0.2) is 0 Å². The van der Waals surface area contributed by atoms with Crippen LogP contribution in [0.25, 0.3) is 0 Å². The second-order valence-electron chi connectivity index (χ2n) is 2.09. The minimum absolute atomic E-state index is 0. The summed E-state index contributed by atoms with van der Waals surface area (Å²) in [5.74, 6) is 0. The zero-order valence-corrected chi connectivity index (χ0v) is 8.43. The monoisotopic (exact) mass is 153 g/mol. The van der Waals surface area contributed by atoms with Crippen LogP contribution >= 0.6 is 0 Å². The van der Waals surface area contributed by atoms with E-state index in [1.54, 1.807) is 0 Å². The first-order valence-corrected chi connectivity index (χ1v) is 3.20. The summed E-state index contributed by atoms with van der Waals surface area (Å²) in [6.45, 7) is 0. The molecule has 0 radical (unpaired) electrons. The molecule has 0 bridgehead atoms. The van der Waals surface area contributed by atoms with E-state index in [-0.39, 0.29) is 29.6 Å². The van der Waals surface area contributed by atoms with Crippen LogP contribution in [0.3, 0.4) is 0 Å². The Balaban J connectivity index is 0. The normalized spacial score (nSPS) is 14.4. The Morgan fingerprint density at radius 2 is 1.20 bits per heavy atom. The van der Waals surface area contributed by atoms with Crippen LogP contribution < -0.4 is 40.4 Å². The molecule has 54 valence electrons. The standard InChI is InChI=1S/C5H10.CH3NO2.Na/c1-2-4-5-3-1;2-1(3)4;/h1-5H2;2H2,(H,3,4);/q;;+1/p-1. The van der Waals surface area contributed by atoms with E-state index in [1.807, 2.05) is 0 Å². The van der Waals surface area contributed by atoms with E-state index in [1.165, 1.54) is 32.1 Å². The number of hydrogen-bond acceptors (Lipinski definition) is 2. The summed E-state index contributed by atoms with van der Waals surface area (Å²) < 4.78 is 0. The molecule has 0 aromatic carbocycles. The molecule has 1 aliphatic carbocycles. The van der Waals surface area contributed by atoms with Crippen molar-refractivity contribution in [2.45, 2.75) is 32.1 Å². The SMILES string of the molecule is C1CCCC1.NC(=O)[O-].[Na+]. The van der Waals surface area contributed by atoms with E-state index in [2.05, 4.69) is 5.73 Å². The van der Waals surface area contributed by atoms with Crippen molar-refractivity contribution in [1.29, 1.82) is 0 Å². The van der Waals surface area contributed by atoms with Gasteiger partial charge in [0, 0.05) is 0 Å². The molecule has 3 nitrogen and oxygen atoms in total. The maximum atomic E-state index is 8.67. The van der Waals surface area contributed by atoms with Gasteiger partial charge in [0.15, 0.2) is 0 Å². The molecular formula is C6H12NNaO2. The van der Waals surface area contributed by atoms with Crippen molar-refractivity contribution < 1.29 is 39.5 Å². The van der Waals surface area contributed by atoms with Crippen molar-refractivity contribution in [1.82, 2.24) is 0 Å². The third kappa shape index (κ3) is 15.7. The van der Waals surface area contributed by atoms with Crippen LogP contribution in [0, 0.1) is 0 Å². The van der Waals surface area contributed by atoms with E-state index >= 15 is 0 Å². The molecule has 0 atom stereocenters. The van der Waals surface area contributed by atoms with Crippen molar-refractivity contribution in [3.05, 3.63) is 0 Å². The molecule has 0 spiro atoms. The molecule has 0 aromatic rings. The predicted octanol–water partition coefficient (Wildman–Crippen LogP) is -2.76. The first-order valence-electron chi connectivity index (χ1n) is 3.20. The van der Waals surface area contributed by atoms with Crippen LogP contribution in [0.15, 0.2) is 0 Å². The van der Waals surface area contributed by atoms with Gasteiger partial charge in [-0.15, -0.1) is 0 Å². The summed E-state index contributed by atoms with van der Waals surface area (Å²) in [6.07, 6.45) is 5.92. The zero-order chi connectivity index (χ0) is 7.11. The Kier molecular flexibility index (Phi) is 12.0. The molecule has 10 heavy (non-hydrogen) atoms. The van der Waals surface area contributed by atoms with Crippen molar-refractivity contribution in [3.63, 3.8) is 0 Å². The number of amides is 1. The number of nitrogens with two attached hydrogens (primary N) is 1. The van der Waals surface area contributed by atoms with Crippen LogP contribution in [0.1, 0.15) is 32.1 Å². The van der Waals surface area contributed by atoms with Crippen molar-refractivity contribution in [3.8, 4) is 0 Å². The molecule has 0 heterocycles. The second-order valence-corrected chi connectivity index (χ2v) is 2.09. The molecular weight excluding hydrogens is 141 g/mol. The first-order chi connectivity index (χ1) is 4.23. The topological polar surface area (TPSA) is 66.2 Å². The fourth-order valence-electron chi connectivity index (χ4n) is 0.884. The molecule has 0 aliphatic heterocycles. The number of primary amides is 1. The molecule has 1 amide bonds. The Labute approximate surface area is 83.3 Å². The summed E-state index contributed by atoms with van der Waals surface area (Å²) in [5.41, 5.74) is 3.92. The van der Waals surface area contributed by atoms with Crippen molar-refractivity contribution in [2.75, 3.05) is 0 Å². The number of hydrogen-bond donors (Lipinski definition) is 1. The number of carboxylic acid groups (broad SMARTS) is 1. The van der Waals surface area contributed by atoms with E-state index in [9.17, 15) is 0 Å². The van der Waals surface area contributed by atoms with E-state index in [4.69, 9.17) is 9.90 Å². The van der Waals surface area contributed by atoms with Crippen LogP contribution in [-0.4, -0.2) is 6.09 Å². The number of carbonyl (C=O) groups is 1. The minimum Gasteiger partial charge on any atom is -0.530 e. The smallest absolute Gasteiger partial charge is 0.530 e. The van der Waals surface area contributed by atoms with Gasteiger partial charge in [0.05, 0.1) is 0 Å². The van der Waals surface area contributed by atoms with Gasteiger partial charge in [-0.3, -0.25) is 0 Å². The maximum Gasteiger partial charge on any atom is 1.00 e. The van der Waals surface area contributed by atoms with Gasteiger partial charge in [0.25, 0.3) is 0 Å². The molecule has 1 saturated carbocycles. The summed E-state index contributed by atoms with van der Waals surface area (Å²) in [5, 5.41) is 8.67. The summed E-state index contributed by atoms with van der Waals surface area (Å²) in [4.78, 5) is 8.67. The van der Waals surface area contributed by atoms with E-state index < -0.39 is 6.09 Å². The van der Waals surface area contributed by atoms with Gasteiger partial charge >= 0.3 is 29.6 Å². The third-order valence-corrected chi connectivity index (χ3v) is 1.25. The minimum atomic E-state index is -1.58. The summed E-state index contributed by atoms with van der Waals surface area (Å²) in [6, 6.07) is 0. The van der Waals surface area contributed by atoms with E-state index in [0.29, 0.717) is 0 Å². The number of rotatable bonds is 0. The molecule has 1 rings (SSSR count). The van der Waals surface area contributed by atoms with Crippen LogP contribution in [-0.2, 0) is 0 Å². The van der Waals surface area contributed by atoms with Crippen molar-refractivity contribution in [2.24, 2.45) is 5.73 Å². The molecule has 1 fully saturated rings. The third-order valence-electron chi connectivity index (χ3n) is 1.25. The first kappa shape index (κ1) is 12.9. The van der Waals surface area contributed by atoms with Crippen LogP contribution in [0.4, 0.5) is 4.79 Å². The van der Waals surface area contributed by atoms with Crippen LogP contribution in [0.5, 0.6) is 0 Å². The molecule has 4 heteroatoms. The molecule has 0 aromatic heterocycles. The van der Waals surface area contributed by atoms with Gasteiger partial charge in [-0.05, 0) is 0 Å². The summed E-state index contributed by atoms with van der Waals surface area (Å²) in [7, 11) is 0. The Morgan fingerprint density at radius 1 is 1.10 bits per heavy atom. The maximum absolute atomic E-state index is 8.67. The fraction of sp³-hybridized carbons (Fsp3) is 0.833. The molecule has 0 saturated heterocycles. The van der Waals surface area contributed by atoms with Gasteiger partial charge in [0.2, 0.25) is 0 Å². The van der Waals surface area contributed by atoms with Crippen molar-refractivity contribution >= 4 is 6.09 Å². The Hall–Kier alpha value is 0.270. The van der Waals surface area contributed by atoms with Gasteiger partial charge in [-0.2, -0.15) is 0 Å². The zero-order valence-electron chi connectivity index (χ0n) is 6.43. The number of carbonyl (C=O) groups excluding carboxylic acids is 1. The molecule has 0 unspecified atom stereocenters. The van der Waals surface area contributed by atoms with Gasteiger partial charge in [-0.1, -0.05) is 32.1 Å². The molecule has 1 aliphatic rings. The Morgan fingerprint density at radius 3 is 1.30 bits per heavy atom. The average molecular weight is 153 g/mol. The predicted molar refractivity (Wildman–Crippen MR) is 32.7 cm³/mol.